The number of nitrogens with one attached hydrogen (secondary N) is 2. The Bertz CT molecular complexity index is 18.4. The molecule has 0 amide bonds. The van der Waals surface area contributed by atoms with Crippen LogP contribution in [0.3, 0.4) is 0 Å². The van der Waals surface area contributed by atoms with Gasteiger partial charge in [-0.1, -0.05) is 6.92 Å². The van der Waals surface area contributed by atoms with Crippen molar-refractivity contribution in [2.45, 2.75) is 6.92 Å². The summed E-state index contributed by atoms with van der Waals surface area (Å²) in [5.41, 5.74) is 5.63. The molecule has 7 heavy (non-hydrogen) atoms. The van der Waals surface area contributed by atoms with Crippen LogP contribution >= 0.6 is 24.8 Å². The quantitative estimate of drug-likeness (QED) is 0.558. The second-order valence-electron chi connectivity index (χ2n) is 0.780. The van der Waals surface area contributed by atoms with Gasteiger partial charge in [-0.25, -0.2) is 0 Å². The van der Waals surface area contributed by atoms with E-state index < -0.39 is 0 Å². The van der Waals surface area contributed by atoms with Gasteiger partial charge in [-0.05, 0) is 7.05 Å². The molecule has 0 aromatic heterocycles. The maximum absolute atomic E-state index is 2.86. The number of halogens is 2. The van der Waals surface area contributed by atoms with Crippen LogP contribution in [0.15, 0.2) is 0 Å². The van der Waals surface area contributed by atoms with E-state index in [2.05, 4.69) is 10.9 Å². The highest BCUT2D eigenvalue weighted by atomic mass is 35.5. The zero-order chi connectivity index (χ0) is 4.12. The monoisotopic (exact) mass is 146 g/mol. The lowest BCUT2D eigenvalue weighted by Gasteiger charge is -1.90. The molecule has 0 radical (unpaired) electrons. The van der Waals surface area contributed by atoms with Gasteiger partial charge >= 0.3 is 0 Å². The van der Waals surface area contributed by atoms with E-state index in [0.717, 1.165) is 6.54 Å². The van der Waals surface area contributed by atoms with E-state index >= 15 is 0 Å². The van der Waals surface area contributed by atoms with Crippen LogP contribution in [0, 0.1) is 0 Å². The second-order valence-corrected chi connectivity index (χ2v) is 0.780. The average molecular weight is 147 g/mol. The number of hydrogen-bond acceptors (Lipinski definition) is 2. The third-order valence-electron chi connectivity index (χ3n) is 0.354. The summed E-state index contributed by atoms with van der Waals surface area (Å²) in [5.74, 6) is 0. The van der Waals surface area contributed by atoms with Crippen molar-refractivity contribution in [2.24, 2.45) is 0 Å². The SMILES string of the molecule is CCNNC.Cl.Cl. The van der Waals surface area contributed by atoms with Gasteiger partial charge in [0.2, 0.25) is 0 Å². The minimum atomic E-state index is 0. The molecule has 0 aromatic rings. The van der Waals surface area contributed by atoms with Crippen molar-refractivity contribution in [3.05, 3.63) is 0 Å². The van der Waals surface area contributed by atoms with Gasteiger partial charge in [0.1, 0.15) is 0 Å². The molecule has 48 valence electrons. The van der Waals surface area contributed by atoms with Crippen LogP contribution in [0.5, 0.6) is 0 Å². The highest BCUT2D eigenvalue weighted by Gasteiger charge is 1.59. The van der Waals surface area contributed by atoms with E-state index in [4.69, 9.17) is 0 Å². The van der Waals surface area contributed by atoms with Crippen molar-refractivity contribution in [1.29, 1.82) is 0 Å². The van der Waals surface area contributed by atoms with Crippen LogP contribution in [0.1, 0.15) is 6.92 Å². The van der Waals surface area contributed by atoms with E-state index in [9.17, 15) is 0 Å². The number of hydrazine groups is 1. The molecule has 0 heterocycles. The Morgan fingerprint density at radius 2 is 1.71 bits per heavy atom. The van der Waals surface area contributed by atoms with Crippen molar-refractivity contribution < 1.29 is 0 Å². The first-order valence-electron chi connectivity index (χ1n) is 1.81. The Balaban J connectivity index is -0.0000000800. The van der Waals surface area contributed by atoms with E-state index in [0.29, 0.717) is 0 Å². The molecule has 0 fully saturated rings. The maximum Gasteiger partial charge on any atom is 0.00712 e. The van der Waals surface area contributed by atoms with Gasteiger partial charge in [-0.3, -0.25) is 10.9 Å². The molecule has 4 heteroatoms. The predicted octanol–water partition coefficient (Wildman–Crippen LogP) is 0.574. The molecule has 0 bridgehead atoms. The molecule has 0 unspecified atom stereocenters. The summed E-state index contributed by atoms with van der Waals surface area (Å²) < 4.78 is 0. The first kappa shape index (κ1) is 15.6. The number of hydrogen-bond donors (Lipinski definition) is 2. The predicted molar refractivity (Wildman–Crippen MR) is 37.2 cm³/mol. The van der Waals surface area contributed by atoms with Gasteiger partial charge in [0.05, 0.1) is 0 Å². The lowest BCUT2D eigenvalue weighted by molar-refractivity contribution is 0.623. The molecule has 0 aliphatic carbocycles. The topological polar surface area (TPSA) is 24.1 Å². The van der Waals surface area contributed by atoms with Gasteiger partial charge in [-0.2, -0.15) is 0 Å². The van der Waals surface area contributed by atoms with Crippen LogP contribution in [0.25, 0.3) is 0 Å². The van der Waals surface area contributed by atoms with Gasteiger partial charge < -0.3 is 0 Å². The number of rotatable bonds is 2. The summed E-state index contributed by atoms with van der Waals surface area (Å²) >= 11 is 0. The van der Waals surface area contributed by atoms with Crippen LogP contribution in [-0.2, 0) is 0 Å². The minimum absolute atomic E-state index is 0. The van der Waals surface area contributed by atoms with E-state index in [1.54, 1.807) is 0 Å². The molecular formula is C3H12Cl2N2. The molecule has 0 saturated carbocycles. The molecule has 0 aromatic carbocycles. The van der Waals surface area contributed by atoms with Crippen LogP contribution in [-0.4, -0.2) is 13.6 Å². The minimum Gasteiger partial charge on any atom is -0.261 e. The maximum atomic E-state index is 2.86. The molecule has 0 rings (SSSR count). The lowest BCUT2D eigenvalue weighted by atomic mass is 10.8. The molecular weight excluding hydrogens is 135 g/mol. The summed E-state index contributed by atoms with van der Waals surface area (Å²) in [6, 6.07) is 0. The van der Waals surface area contributed by atoms with Crippen molar-refractivity contribution in [3.8, 4) is 0 Å². The first-order valence-corrected chi connectivity index (χ1v) is 1.81. The molecule has 2 N–H and O–H groups in total. The molecule has 0 atom stereocenters. The van der Waals surface area contributed by atoms with Crippen molar-refractivity contribution >= 4 is 24.8 Å². The van der Waals surface area contributed by atoms with Crippen molar-refractivity contribution in [1.82, 2.24) is 10.9 Å². The fourth-order valence-electron chi connectivity index (χ4n) is 0.177. The summed E-state index contributed by atoms with van der Waals surface area (Å²) in [5, 5.41) is 0. The Morgan fingerprint density at radius 1 is 1.29 bits per heavy atom. The van der Waals surface area contributed by atoms with Gasteiger partial charge in [-0.15, -0.1) is 24.8 Å². The summed E-state index contributed by atoms with van der Waals surface area (Å²) in [6.07, 6.45) is 0. The summed E-state index contributed by atoms with van der Waals surface area (Å²) in [4.78, 5) is 0. The molecule has 0 saturated heterocycles. The van der Waals surface area contributed by atoms with Gasteiger partial charge in [0.25, 0.3) is 0 Å². The first-order chi connectivity index (χ1) is 2.41. The summed E-state index contributed by atoms with van der Waals surface area (Å²) in [6.45, 7) is 3.02. The van der Waals surface area contributed by atoms with Gasteiger partial charge in [0.15, 0.2) is 0 Å². The fourth-order valence-corrected chi connectivity index (χ4v) is 0.177. The molecule has 0 aliphatic rings. The largest absolute Gasteiger partial charge is 0.261 e. The Hall–Kier alpha value is 0.500. The van der Waals surface area contributed by atoms with E-state index in [1.807, 2.05) is 14.0 Å². The van der Waals surface area contributed by atoms with Crippen molar-refractivity contribution in [3.63, 3.8) is 0 Å². The van der Waals surface area contributed by atoms with E-state index in [1.165, 1.54) is 0 Å². The zero-order valence-electron chi connectivity index (χ0n) is 4.52. The third-order valence-corrected chi connectivity index (χ3v) is 0.354. The normalized spacial score (nSPS) is 6.00. The smallest absolute Gasteiger partial charge is 0.00712 e. The highest BCUT2D eigenvalue weighted by molar-refractivity contribution is 5.85. The summed E-state index contributed by atoms with van der Waals surface area (Å²) in [7, 11) is 1.85. The fraction of sp³-hybridized carbons (Fsp3) is 1.00. The Labute approximate surface area is 56.8 Å². The van der Waals surface area contributed by atoms with Gasteiger partial charge in [0, 0.05) is 6.54 Å². The third kappa shape index (κ3) is 21.1. The van der Waals surface area contributed by atoms with Crippen LogP contribution in [0.4, 0.5) is 0 Å². The second kappa shape index (κ2) is 16.1. The standard InChI is InChI=1S/C3H10N2.2ClH/c1-3-5-4-2;;/h4-5H,3H2,1-2H3;2*1H. The van der Waals surface area contributed by atoms with E-state index in [-0.39, 0.29) is 24.8 Å². The molecule has 0 spiro atoms. The molecule has 0 aliphatic heterocycles. The Kier molecular flexibility index (Phi) is 35.9. The Morgan fingerprint density at radius 3 is 1.71 bits per heavy atom. The lowest BCUT2D eigenvalue weighted by Crippen LogP contribution is -2.26. The van der Waals surface area contributed by atoms with Crippen molar-refractivity contribution in [2.75, 3.05) is 13.6 Å². The average Bonchev–Trinajstić information content (AvgIpc) is 1.41. The van der Waals surface area contributed by atoms with Crippen LogP contribution in [0.2, 0.25) is 0 Å². The highest BCUT2D eigenvalue weighted by Crippen LogP contribution is 1.36. The molecule has 2 nitrogen and oxygen atoms in total. The van der Waals surface area contributed by atoms with Crippen LogP contribution < -0.4 is 10.9 Å². The zero-order valence-corrected chi connectivity index (χ0v) is 6.16.